The highest BCUT2D eigenvalue weighted by Crippen LogP contribution is 2.27. The zero-order valence-electron chi connectivity index (χ0n) is 14.5. The summed E-state index contributed by atoms with van der Waals surface area (Å²) in [4.78, 5) is 11.1. The molecule has 2 N–H and O–H groups in total. The van der Waals surface area contributed by atoms with Gasteiger partial charge in [0, 0.05) is 24.7 Å². The zero-order valence-corrected chi connectivity index (χ0v) is 16.1. The molecule has 1 fully saturated rings. The van der Waals surface area contributed by atoms with Crippen molar-refractivity contribution in [2.45, 2.75) is 46.6 Å². The first kappa shape index (κ1) is 18.2. The third kappa shape index (κ3) is 5.77. The Balaban J connectivity index is 2.14. The molecule has 1 saturated heterocycles. The fourth-order valence-electron chi connectivity index (χ4n) is 2.95. The van der Waals surface area contributed by atoms with Gasteiger partial charge in [0.25, 0.3) is 0 Å². The van der Waals surface area contributed by atoms with Crippen LogP contribution in [-0.2, 0) is 0 Å². The fourth-order valence-corrected chi connectivity index (χ4v) is 3.52. The molecular weight excluding hydrogens is 330 g/mol. The molecule has 2 heterocycles. The first-order chi connectivity index (χ1) is 10.6. The minimum Gasteiger partial charge on any atom is -0.358 e. The first-order valence-electron chi connectivity index (χ1n) is 8.01. The molecule has 1 aliphatic heterocycles. The normalized spacial score (nSPS) is 21.9. The van der Waals surface area contributed by atoms with Crippen LogP contribution in [0.5, 0.6) is 0 Å². The highest BCUT2D eigenvalue weighted by Gasteiger charge is 2.23. The Kier molecular flexibility index (Phi) is 5.68. The van der Waals surface area contributed by atoms with Crippen molar-refractivity contribution in [2.24, 2.45) is 11.8 Å². The maximum atomic E-state index is 6.18. The van der Waals surface area contributed by atoms with Gasteiger partial charge in [-0.2, -0.15) is 4.98 Å². The quantitative estimate of drug-likeness (QED) is 0.623. The van der Waals surface area contributed by atoms with Crippen LogP contribution in [0.2, 0.25) is 5.15 Å². The van der Waals surface area contributed by atoms with Gasteiger partial charge in [0.1, 0.15) is 11.0 Å². The van der Waals surface area contributed by atoms with Crippen LogP contribution in [0.1, 0.15) is 41.0 Å². The van der Waals surface area contributed by atoms with Gasteiger partial charge in [-0.25, -0.2) is 4.98 Å². The summed E-state index contributed by atoms with van der Waals surface area (Å²) < 4.78 is 0. The Bertz CT molecular complexity index is 562. The monoisotopic (exact) mass is 355 g/mol. The van der Waals surface area contributed by atoms with E-state index in [0.717, 1.165) is 18.9 Å². The van der Waals surface area contributed by atoms with Gasteiger partial charge in [-0.15, -0.1) is 0 Å². The Hall–Kier alpha value is -1.14. The molecular formula is C16H26ClN5S. The Labute approximate surface area is 149 Å². The number of anilines is 2. The van der Waals surface area contributed by atoms with Crippen LogP contribution in [0.4, 0.5) is 11.8 Å². The third-order valence-corrected chi connectivity index (χ3v) is 3.99. The minimum absolute atomic E-state index is 0.122. The van der Waals surface area contributed by atoms with E-state index in [2.05, 4.69) is 39.3 Å². The molecule has 2 rings (SSSR count). The molecule has 1 aliphatic rings. The van der Waals surface area contributed by atoms with Crippen molar-refractivity contribution >= 4 is 40.7 Å². The van der Waals surface area contributed by atoms with Crippen molar-refractivity contribution in [3.63, 3.8) is 0 Å². The van der Waals surface area contributed by atoms with Crippen LogP contribution < -0.4 is 15.5 Å². The number of rotatable bonds is 2. The van der Waals surface area contributed by atoms with Crippen LogP contribution in [0.3, 0.4) is 0 Å². The Morgan fingerprint density at radius 1 is 1.26 bits per heavy atom. The SMILES string of the molecule is C[C@H]1C[C@H](C)CN(c2cc(Cl)nc(NC(=S)NC(C)(C)C)n2)C1. The predicted molar refractivity (Wildman–Crippen MR) is 101 cm³/mol. The molecule has 0 amide bonds. The van der Waals surface area contributed by atoms with E-state index in [1.807, 2.05) is 26.8 Å². The molecule has 5 nitrogen and oxygen atoms in total. The van der Waals surface area contributed by atoms with Crippen molar-refractivity contribution in [1.82, 2.24) is 15.3 Å². The zero-order chi connectivity index (χ0) is 17.2. The van der Waals surface area contributed by atoms with Gasteiger partial charge in [0.15, 0.2) is 5.11 Å². The molecule has 128 valence electrons. The molecule has 0 radical (unpaired) electrons. The van der Waals surface area contributed by atoms with Gasteiger partial charge in [0.05, 0.1) is 0 Å². The maximum Gasteiger partial charge on any atom is 0.232 e. The van der Waals surface area contributed by atoms with Crippen LogP contribution in [0.25, 0.3) is 0 Å². The van der Waals surface area contributed by atoms with Crippen molar-refractivity contribution < 1.29 is 0 Å². The van der Waals surface area contributed by atoms with Crippen molar-refractivity contribution in [2.75, 3.05) is 23.3 Å². The minimum atomic E-state index is -0.122. The number of hydrogen-bond acceptors (Lipinski definition) is 4. The van der Waals surface area contributed by atoms with E-state index in [1.165, 1.54) is 6.42 Å². The summed E-state index contributed by atoms with van der Waals surface area (Å²) >= 11 is 11.5. The highest BCUT2D eigenvalue weighted by molar-refractivity contribution is 7.80. The number of nitrogens with one attached hydrogen (secondary N) is 2. The largest absolute Gasteiger partial charge is 0.358 e. The van der Waals surface area contributed by atoms with Crippen molar-refractivity contribution in [3.8, 4) is 0 Å². The molecule has 0 aromatic carbocycles. The van der Waals surface area contributed by atoms with Gasteiger partial charge in [-0.05, 0) is 51.2 Å². The highest BCUT2D eigenvalue weighted by atomic mass is 35.5. The molecule has 0 unspecified atom stereocenters. The number of aromatic nitrogens is 2. The lowest BCUT2D eigenvalue weighted by Crippen LogP contribution is -2.43. The number of piperidine rings is 1. The number of thiocarbonyl (C=S) groups is 1. The van der Waals surface area contributed by atoms with Gasteiger partial charge < -0.3 is 15.5 Å². The lowest BCUT2D eigenvalue weighted by molar-refractivity contribution is 0.355. The van der Waals surface area contributed by atoms with E-state index < -0.39 is 0 Å². The topological polar surface area (TPSA) is 53.1 Å². The molecule has 0 bridgehead atoms. The average Bonchev–Trinajstić information content (AvgIpc) is 2.34. The summed E-state index contributed by atoms with van der Waals surface area (Å²) in [5, 5.41) is 7.12. The van der Waals surface area contributed by atoms with E-state index in [9.17, 15) is 0 Å². The van der Waals surface area contributed by atoms with Crippen molar-refractivity contribution in [3.05, 3.63) is 11.2 Å². The Morgan fingerprint density at radius 3 is 2.43 bits per heavy atom. The van der Waals surface area contributed by atoms with E-state index >= 15 is 0 Å². The number of halogens is 1. The van der Waals surface area contributed by atoms with Crippen LogP contribution in [0, 0.1) is 11.8 Å². The molecule has 1 aromatic rings. The Morgan fingerprint density at radius 2 is 1.87 bits per heavy atom. The average molecular weight is 356 g/mol. The van der Waals surface area contributed by atoms with Gasteiger partial charge in [-0.1, -0.05) is 25.4 Å². The molecule has 23 heavy (non-hydrogen) atoms. The molecule has 7 heteroatoms. The molecule has 1 aromatic heterocycles. The van der Waals surface area contributed by atoms with Gasteiger partial charge in [-0.3, -0.25) is 0 Å². The lowest BCUT2D eigenvalue weighted by Gasteiger charge is -2.35. The van der Waals surface area contributed by atoms with E-state index in [1.54, 1.807) is 0 Å². The van der Waals surface area contributed by atoms with Crippen molar-refractivity contribution in [1.29, 1.82) is 0 Å². The first-order valence-corrected chi connectivity index (χ1v) is 8.79. The van der Waals surface area contributed by atoms with Crippen LogP contribution in [0.15, 0.2) is 6.07 Å². The molecule has 0 saturated carbocycles. The fraction of sp³-hybridized carbons (Fsp3) is 0.688. The van der Waals surface area contributed by atoms with Crippen LogP contribution >= 0.6 is 23.8 Å². The number of hydrogen-bond donors (Lipinski definition) is 2. The smallest absolute Gasteiger partial charge is 0.232 e. The summed E-state index contributed by atoms with van der Waals surface area (Å²) in [5.74, 6) is 2.57. The predicted octanol–water partition coefficient (Wildman–Crippen LogP) is 3.70. The molecule has 2 atom stereocenters. The second kappa shape index (κ2) is 7.18. The van der Waals surface area contributed by atoms with E-state index in [-0.39, 0.29) is 5.54 Å². The van der Waals surface area contributed by atoms with Gasteiger partial charge in [0.2, 0.25) is 5.95 Å². The third-order valence-electron chi connectivity index (χ3n) is 3.59. The van der Waals surface area contributed by atoms with Crippen LogP contribution in [-0.4, -0.2) is 33.7 Å². The lowest BCUT2D eigenvalue weighted by atomic mass is 9.92. The summed E-state index contributed by atoms with van der Waals surface area (Å²) in [6.07, 6.45) is 1.25. The summed E-state index contributed by atoms with van der Waals surface area (Å²) in [6.45, 7) is 12.6. The molecule has 0 spiro atoms. The van der Waals surface area contributed by atoms with E-state index in [4.69, 9.17) is 23.8 Å². The number of nitrogens with zero attached hydrogens (tertiary/aromatic N) is 3. The summed E-state index contributed by atoms with van der Waals surface area (Å²) in [5.41, 5.74) is -0.122. The molecule has 0 aliphatic carbocycles. The second-order valence-corrected chi connectivity index (χ2v) is 8.35. The second-order valence-electron chi connectivity index (χ2n) is 7.55. The van der Waals surface area contributed by atoms with E-state index in [0.29, 0.717) is 28.0 Å². The standard InChI is InChI=1S/C16H26ClN5S/c1-10-6-11(2)9-22(8-10)13-7-12(17)18-14(19-13)20-15(23)21-16(3,4)5/h7,10-11H,6,8-9H2,1-5H3,(H2,18,19,20,21,23)/t10-,11-/m0/s1. The summed E-state index contributed by atoms with van der Waals surface area (Å²) in [7, 11) is 0. The summed E-state index contributed by atoms with van der Waals surface area (Å²) in [6, 6.07) is 1.82. The maximum absolute atomic E-state index is 6.18. The van der Waals surface area contributed by atoms with Gasteiger partial charge >= 0.3 is 0 Å².